The molecule has 0 spiro atoms. The molecule has 2 aromatic carbocycles. The predicted octanol–water partition coefficient (Wildman–Crippen LogP) is 4.17. The molecule has 0 unspecified atom stereocenters. The lowest BCUT2D eigenvalue weighted by molar-refractivity contribution is -0.137. The Hall–Kier alpha value is -2.34. The zero-order valence-electron chi connectivity index (χ0n) is 11.7. The van der Waals surface area contributed by atoms with Gasteiger partial charge in [-0.3, -0.25) is 4.79 Å². The zero-order chi connectivity index (χ0) is 16.2. The second kappa shape index (κ2) is 6.62. The molecule has 2 aromatic rings. The van der Waals surface area contributed by atoms with E-state index >= 15 is 0 Å². The monoisotopic (exact) mass is 310 g/mol. The molecule has 116 valence electrons. The number of para-hydroxylation sites is 1. The average molecular weight is 310 g/mol. The first kappa shape index (κ1) is 16.0. The summed E-state index contributed by atoms with van der Waals surface area (Å²) in [6.07, 6.45) is -3.97. The second-order valence-electron chi connectivity index (χ2n) is 4.46. The van der Waals surface area contributed by atoms with E-state index in [9.17, 15) is 18.0 Å². The van der Waals surface area contributed by atoms with Gasteiger partial charge >= 0.3 is 6.18 Å². The number of halogens is 3. The van der Waals surface area contributed by atoms with E-state index in [0.717, 1.165) is 18.2 Å². The van der Waals surface area contributed by atoms with Crippen molar-refractivity contribution in [3.8, 4) is 16.9 Å². The van der Waals surface area contributed by atoms with Crippen molar-refractivity contribution in [3.05, 3.63) is 53.6 Å². The maximum Gasteiger partial charge on any atom is 0.416 e. The summed E-state index contributed by atoms with van der Waals surface area (Å²) in [5.74, 6) is 0.340. The highest BCUT2D eigenvalue weighted by Gasteiger charge is 2.31. The lowest BCUT2D eigenvalue weighted by atomic mass is 9.97. The molecule has 0 amide bonds. The van der Waals surface area contributed by atoms with Crippen molar-refractivity contribution < 1.29 is 27.4 Å². The normalized spacial score (nSPS) is 11.3. The number of methoxy groups -OCH3 is 1. The van der Waals surface area contributed by atoms with Crippen LogP contribution in [0.1, 0.15) is 15.9 Å². The minimum atomic E-state index is -4.49. The number of hydrogen-bond acceptors (Lipinski definition) is 3. The minimum Gasteiger partial charge on any atom is -0.467 e. The zero-order valence-corrected chi connectivity index (χ0v) is 11.7. The topological polar surface area (TPSA) is 35.5 Å². The van der Waals surface area contributed by atoms with E-state index in [2.05, 4.69) is 0 Å². The molecule has 0 N–H and O–H groups in total. The van der Waals surface area contributed by atoms with Crippen LogP contribution in [0.4, 0.5) is 13.2 Å². The second-order valence-corrected chi connectivity index (χ2v) is 4.46. The number of rotatable bonds is 5. The van der Waals surface area contributed by atoms with Crippen molar-refractivity contribution in [1.82, 2.24) is 0 Å². The average Bonchev–Trinajstić information content (AvgIpc) is 2.51. The highest BCUT2D eigenvalue weighted by atomic mass is 19.4. The molecule has 0 saturated heterocycles. The van der Waals surface area contributed by atoms with E-state index in [1.165, 1.54) is 7.11 Å². The summed E-state index contributed by atoms with van der Waals surface area (Å²) in [7, 11) is 1.43. The SMILES string of the molecule is COCOc1ccccc1-c1cc(C(F)(F)F)ccc1C=O. The summed E-state index contributed by atoms with van der Waals surface area (Å²) >= 11 is 0. The molecule has 0 aliphatic heterocycles. The Morgan fingerprint density at radius 1 is 1.09 bits per heavy atom. The molecule has 0 aliphatic rings. The predicted molar refractivity (Wildman–Crippen MR) is 74.8 cm³/mol. The van der Waals surface area contributed by atoms with Crippen LogP contribution >= 0.6 is 0 Å². The molecule has 0 fully saturated rings. The van der Waals surface area contributed by atoms with Crippen molar-refractivity contribution in [3.63, 3.8) is 0 Å². The van der Waals surface area contributed by atoms with Gasteiger partial charge in [-0.25, -0.2) is 0 Å². The van der Waals surface area contributed by atoms with Crippen LogP contribution in [-0.4, -0.2) is 20.2 Å². The van der Waals surface area contributed by atoms with Crippen molar-refractivity contribution in [2.24, 2.45) is 0 Å². The lowest BCUT2D eigenvalue weighted by Crippen LogP contribution is -2.06. The van der Waals surface area contributed by atoms with Crippen LogP contribution < -0.4 is 4.74 Å². The van der Waals surface area contributed by atoms with Crippen LogP contribution in [0.5, 0.6) is 5.75 Å². The Morgan fingerprint density at radius 3 is 2.45 bits per heavy atom. The van der Waals surface area contributed by atoms with Gasteiger partial charge in [0.15, 0.2) is 13.1 Å². The number of hydrogen-bond donors (Lipinski definition) is 0. The summed E-state index contributed by atoms with van der Waals surface area (Å²) in [6, 6.07) is 9.51. The van der Waals surface area contributed by atoms with Gasteiger partial charge in [-0.05, 0) is 23.8 Å². The molecule has 2 rings (SSSR count). The maximum absolute atomic E-state index is 12.9. The first-order valence-corrected chi connectivity index (χ1v) is 6.35. The highest BCUT2D eigenvalue weighted by molar-refractivity contribution is 5.89. The first-order chi connectivity index (χ1) is 10.5. The summed E-state index contributed by atoms with van der Waals surface area (Å²) in [4.78, 5) is 11.1. The Balaban J connectivity index is 2.58. The van der Waals surface area contributed by atoms with Gasteiger partial charge < -0.3 is 9.47 Å². The number of benzene rings is 2. The smallest absolute Gasteiger partial charge is 0.416 e. The van der Waals surface area contributed by atoms with E-state index in [4.69, 9.17) is 9.47 Å². The van der Waals surface area contributed by atoms with Gasteiger partial charge in [0, 0.05) is 18.2 Å². The Labute approximate surface area is 125 Å². The van der Waals surface area contributed by atoms with Crippen LogP contribution in [0, 0.1) is 0 Å². The Morgan fingerprint density at radius 2 is 1.82 bits per heavy atom. The molecule has 0 atom stereocenters. The van der Waals surface area contributed by atoms with Gasteiger partial charge in [0.1, 0.15) is 5.75 Å². The van der Waals surface area contributed by atoms with E-state index in [1.54, 1.807) is 24.3 Å². The van der Waals surface area contributed by atoms with E-state index in [-0.39, 0.29) is 17.9 Å². The van der Waals surface area contributed by atoms with Crippen molar-refractivity contribution in [1.29, 1.82) is 0 Å². The maximum atomic E-state index is 12.9. The van der Waals surface area contributed by atoms with Gasteiger partial charge in [0.2, 0.25) is 0 Å². The van der Waals surface area contributed by atoms with Gasteiger partial charge in [0.25, 0.3) is 0 Å². The number of ether oxygens (including phenoxy) is 2. The van der Waals surface area contributed by atoms with E-state index in [0.29, 0.717) is 17.6 Å². The van der Waals surface area contributed by atoms with Gasteiger partial charge in [0.05, 0.1) is 5.56 Å². The molecule has 0 saturated carbocycles. The summed E-state index contributed by atoms with van der Waals surface area (Å²) < 4.78 is 48.8. The van der Waals surface area contributed by atoms with Gasteiger partial charge in [-0.1, -0.05) is 24.3 Å². The van der Waals surface area contributed by atoms with Crippen LogP contribution in [0.25, 0.3) is 11.1 Å². The number of alkyl halides is 3. The molecule has 6 heteroatoms. The molecule has 3 nitrogen and oxygen atoms in total. The fourth-order valence-electron chi connectivity index (χ4n) is 2.01. The molecule has 0 aliphatic carbocycles. The van der Waals surface area contributed by atoms with E-state index < -0.39 is 11.7 Å². The summed E-state index contributed by atoms with van der Waals surface area (Å²) in [5.41, 5.74) is -0.111. The van der Waals surface area contributed by atoms with Crippen molar-refractivity contribution in [2.75, 3.05) is 13.9 Å². The summed E-state index contributed by atoms with van der Waals surface area (Å²) in [5, 5.41) is 0. The third kappa shape index (κ3) is 3.46. The molecular weight excluding hydrogens is 297 g/mol. The largest absolute Gasteiger partial charge is 0.467 e. The Kier molecular flexibility index (Phi) is 4.82. The van der Waals surface area contributed by atoms with Crippen LogP contribution in [-0.2, 0) is 10.9 Å². The van der Waals surface area contributed by atoms with Crippen LogP contribution in [0.15, 0.2) is 42.5 Å². The van der Waals surface area contributed by atoms with Crippen molar-refractivity contribution >= 4 is 6.29 Å². The minimum absolute atomic E-state index is 0.0492. The molecule has 0 bridgehead atoms. The molecular formula is C16H13F3O3. The number of carbonyl (C=O) groups excluding carboxylic acids is 1. The highest BCUT2D eigenvalue weighted by Crippen LogP contribution is 2.37. The molecule has 0 aromatic heterocycles. The fraction of sp³-hybridized carbons (Fsp3) is 0.188. The van der Waals surface area contributed by atoms with Gasteiger partial charge in [-0.15, -0.1) is 0 Å². The third-order valence-electron chi connectivity index (χ3n) is 3.02. The van der Waals surface area contributed by atoms with Gasteiger partial charge in [-0.2, -0.15) is 13.2 Å². The lowest BCUT2D eigenvalue weighted by Gasteiger charge is -2.14. The van der Waals surface area contributed by atoms with Crippen molar-refractivity contribution in [2.45, 2.75) is 6.18 Å². The number of carbonyl (C=O) groups is 1. The molecule has 0 heterocycles. The molecule has 22 heavy (non-hydrogen) atoms. The third-order valence-corrected chi connectivity index (χ3v) is 3.02. The fourth-order valence-corrected chi connectivity index (χ4v) is 2.01. The van der Waals surface area contributed by atoms with E-state index in [1.807, 2.05) is 0 Å². The van der Waals surface area contributed by atoms with Crippen LogP contribution in [0.2, 0.25) is 0 Å². The first-order valence-electron chi connectivity index (χ1n) is 6.35. The van der Waals surface area contributed by atoms with Crippen LogP contribution in [0.3, 0.4) is 0 Å². The summed E-state index contributed by atoms with van der Waals surface area (Å²) in [6.45, 7) is -0.0492. The Bertz CT molecular complexity index is 666. The quantitative estimate of drug-likeness (QED) is 0.614. The number of aldehydes is 1. The standard InChI is InChI=1S/C16H13F3O3/c1-21-10-22-15-5-3-2-4-13(15)14-8-12(16(17,18)19)7-6-11(14)9-20/h2-9H,10H2,1H3. The molecule has 0 radical (unpaired) electrons.